The van der Waals surface area contributed by atoms with Gasteiger partial charge in [-0.15, -0.1) is 6.58 Å². The number of rotatable bonds is 5. The predicted octanol–water partition coefficient (Wildman–Crippen LogP) is 2.34. The van der Waals surface area contributed by atoms with Gasteiger partial charge in [0.05, 0.1) is 0 Å². The normalized spacial score (nSPS) is 18.9. The molecule has 0 amide bonds. The van der Waals surface area contributed by atoms with E-state index < -0.39 is 0 Å². The van der Waals surface area contributed by atoms with Crippen LogP contribution in [0.25, 0.3) is 0 Å². The Morgan fingerprint density at radius 1 is 1.36 bits per heavy atom. The van der Waals surface area contributed by atoms with Gasteiger partial charge in [0.25, 0.3) is 0 Å². The predicted molar refractivity (Wildman–Crippen MR) is 49.6 cm³/mol. The largest absolute Gasteiger partial charge is 0.313 e. The first-order valence-electron chi connectivity index (χ1n) is 4.75. The molecule has 0 aliphatic heterocycles. The van der Waals surface area contributed by atoms with Crippen molar-refractivity contribution in [2.24, 2.45) is 5.92 Å². The van der Waals surface area contributed by atoms with Crippen LogP contribution in [-0.4, -0.2) is 13.1 Å². The van der Waals surface area contributed by atoms with Crippen LogP contribution in [0.2, 0.25) is 0 Å². The Morgan fingerprint density at radius 2 is 2.09 bits per heavy atom. The highest BCUT2D eigenvalue weighted by Gasteiger charge is 2.13. The molecule has 0 aromatic heterocycles. The molecule has 0 aromatic carbocycles. The van der Waals surface area contributed by atoms with Gasteiger partial charge in [-0.2, -0.15) is 0 Å². The van der Waals surface area contributed by atoms with E-state index in [4.69, 9.17) is 0 Å². The molecule has 0 spiro atoms. The van der Waals surface area contributed by atoms with Gasteiger partial charge >= 0.3 is 0 Å². The van der Waals surface area contributed by atoms with Crippen molar-refractivity contribution in [1.82, 2.24) is 5.32 Å². The fourth-order valence-electron chi connectivity index (χ4n) is 1.81. The third-order valence-corrected chi connectivity index (χ3v) is 2.49. The molecule has 0 unspecified atom stereocenters. The molecule has 0 saturated heterocycles. The zero-order valence-corrected chi connectivity index (χ0v) is 7.31. The second-order valence-corrected chi connectivity index (χ2v) is 3.43. The summed E-state index contributed by atoms with van der Waals surface area (Å²) in [6.07, 6.45) is 9.16. The topological polar surface area (TPSA) is 12.0 Å². The van der Waals surface area contributed by atoms with Gasteiger partial charge in [0.2, 0.25) is 0 Å². The molecule has 11 heavy (non-hydrogen) atoms. The van der Waals surface area contributed by atoms with E-state index in [0.717, 1.165) is 12.5 Å². The van der Waals surface area contributed by atoms with Crippen molar-refractivity contribution in [3.8, 4) is 0 Å². The monoisotopic (exact) mass is 153 g/mol. The number of hydrogen-bond donors (Lipinski definition) is 1. The lowest BCUT2D eigenvalue weighted by molar-refractivity contribution is 0.486. The second kappa shape index (κ2) is 5.36. The van der Waals surface area contributed by atoms with E-state index in [1.54, 1.807) is 0 Å². The van der Waals surface area contributed by atoms with E-state index in [2.05, 4.69) is 11.9 Å². The standard InChI is InChI=1S/C10H19N/c1-2-8-11-9-7-10-5-3-4-6-10/h2,10-11H,1,3-9H2. The Kier molecular flexibility index (Phi) is 4.29. The summed E-state index contributed by atoms with van der Waals surface area (Å²) in [6.45, 7) is 5.81. The highest BCUT2D eigenvalue weighted by molar-refractivity contribution is 4.72. The summed E-state index contributed by atoms with van der Waals surface area (Å²) in [5, 5.41) is 3.34. The maximum Gasteiger partial charge on any atom is 0.0132 e. The van der Waals surface area contributed by atoms with Crippen molar-refractivity contribution in [2.45, 2.75) is 32.1 Å². The van der Waals surface area contributed by atoms with Crippen molar-refractivity contribution in [3.63, 3.8) is 0 Å². The van der Waals surface area contributed by atoms with Crippen molar-refractivity contribution in [1.29, 1.82) is 0 Å². The lowest BCUT2D eigenvalue weighted by Crippen LogP contribution is -2.17. The van der Waals surface area contributed by atoms with E-state index in [1.807, 2.05) is 6.08 Å². The van der Waals surface area contributed by atoms with Gasteiger partial charge in [-0.1, -0.05) is 31.8 Å². The fourth-order valence-corrected chi connectivity index (χ4v) is 1.81. The number of nitrogens with one attached hydrogen (secondary N) is 1. The molecule has 0 heterocycles. The van der Waals surface area contributed by atoms with Gasteiger partial charge in [0, 0.05) is 6.54 Å². The van der Waals surface area contributed by atoms with Gasteiger partial charge in [-0.25, -0.2) is 0 Å². The molecule has 0 radical (unpaired) electrons. The Balaban J connectivity index is 1.89. The smallest absolute Gasteiger partial charge is 0.0132 e. The lowest BCUT2D eigenvalue weighted by Gasteiger charge is -2.07. The van der Waals surface area contributed by atoms with Crippen LogP contribution in [0.3, 0.4) is 0 Å². The summed E-state index contributed by atoms with van der Waals surface area (Å²) < 4.78 is 0. The van der Waals surface area contributed by atoms with Crippen LogP contribution in [0.4, 0.5) is 0 Å². The summed E-state index contributed by atoms with van der Waals surface area (Å²) in [7, 11) is 0. The molecule has 1 rings (SSSR count). The van der Waals surface area contributed by atoms with E-state index in [9.17, 15) is 0 Å². The molecule has 1 heteroatoms. The minimum Gasteiger partial charge on any atom is -0.313 e. The molecule has 0 bridgehead atoms. The molecular formula is C10H19N. The zero-order valence-electron chi connectivity index (χ0n) is 7.31. The third kappa shape index (κ3) is 3.57. The van der Waals surface area contributed by atoms with Gasteiger partial charge in [0.1, 0.15) is 0 Å². The molecule has 1 aliphatic carbocycles. The van der Waals surface area contributed by atoms with Crippen molar-refractivity contribution in [2.75, 3.05) is 13.1 Å². The van der Waals surface area contributed by atoms with Crippen LogP contribution in [0, 0.1) is 5.92 Å². The highest BCUT2D eigenvalue weighted by atomic mass is 14.8. The van der Waals surface area contributed by atoms with Crippen molar-refractivity contribution >= 4 is 0 Å². The van der Waals surface area contributed by atoms with E-state index in [-0.39, 0.29) is 0 Å². The Morgan fingerprint density at radius 3 is 2.73 bits per heavy atom. The zero-order chi connectivity index (χ0) is 7.94. The van der Waals surface area contributed by atoms with Crippen LogP contribution in [0.1, 0.15) is 32.1 Å². The molecule has 1 nitrogen and oxygen atoms in total. The van der Waals surface area contributed by atoms with E-state index in [0.29, 0.717) is 0 Å². The molecule has 1 fully saturated rings. The molecule has 0 atom stereocenters. The summed E-state index contributed by atoms with van der Waals surface area (Å²) in [5.74, 6) is 1.02. The van der Waals surface area contributed by atoms with Crippen molar-refractivity contribution < 1.29 is 0 Å². The van der Waals surface area contributed by atoms with Crippen molar-refractivity contribution in [3.05, 3.63) is 12.7 Å². The van der Waals surface area contributed by atoms with Gasteiger partial charge in [0.15, 0.2) is 0 Å². The van der Waals surface area contributed by atoms with Gasteiger partial charge in [-0.05, 0) is 18.9 Å². The quantitative estimate of drug-likeness (QED) is 0.472. The second-order valence-electron chi connectivity index (χ2n) is 3.43. The summed E-state index contributed by atoms with van der Waals surface area (Å²) in [5.41, 5.74) is 0. The average molecular weight is 153 g/mol. The first kappa shape index (κ1) is 8.79. The fraction of sp³-hybridized carbons (Fsp3) is 0.800. The summed E-state index contributed by atoms with van der Waals surface area (Å²) in [6, 6.07) is 0. The minimum absolute atomic E-state index is 0.965. The first-order valence-corrected chi connectivity index (χ1v) is 4.75. The maximum absolute atomic E-state index is 3.67. The third-order valence-electron chi connectivity index (χ3n) is 2.49. The van der Waals surface area contributed by atoms with Gasteiger partial charge < -0.3 is 5.32 Å². The molecule has 1 aliphatic rings. The van der Waals surface area contributed by atoms with E-state index in [1.165, 1.54) is 38.6 Å². The lowest BCUT2D eigenvalue weighted by atomic mass is 10.0. The van der Waals surface area contributed by atoms with E-state index >= 15 is 0 Å². The molecule has 64 valence electrons. The average Bonchev–Trinajstić information content (AvgIpc) is 2.50. The molecule has 0 aromatic rings. The molecular weight excluding hydrogens is 134 g/mol. The minimum atomic E-state index is 0.965. The number of hydrogen-bond acceptors (Lipinski definition) is 1. The molecule has 1 N–H and O–H groups in total. The SMILES string of the molecule is C=CCNCCC1CCCC1. The summed E-state index contributed by atoms with van der Waals surface area (Å²) >= 11 is 0. The van der Waals surface area contributed by atoms with Crippen LogP contribution >= 0.6 is 0 Å². The van der Waals surface area contributed by atoms with Crippen LogP contribution in [0.15, 0.2) is 12.7 Å². The van der Waals surface area contributed by atoms with Crippen LogP contribution < -0.4 is 5.32 Å². The van der Waals surface area contributed by atoms with Gasteiger partial charge in [-0.3, -0.25) is 0 Å². The maximum atomic E-state index is 3.67. The Bertz CT molecular complexity index is 103. The summed E-state index contributed by atoms with van der Waals surface area (Å²) in [4.78, 5) is 0. The Labute approximate surface area is 69.9 Å². The highest BCUT2D eigenvalue weighted by Crippen LogP contribution is 2.26. The molecule has 1 saturated carbocycles. The van der Waals surface area contributed by atoms with Crippen LogP contribution in [0.5, 0.6) is 0 Å². The van der Waals surface area contributed by atoms with Crippen LogP contribution in [-0.2, 0) is 0 Å². The Hall–Kier alpha value is -0.300. The first-order chi connectivity index (χ1) is 5.43.